The molecule has 0 unspecified atom stereocenters. The number of Topliss-reactive ketones (excluding diaryl/α,β-unsaturated/α-hetero) is 1. The summed E-state index contributed by atoms with van der Waals surface area (Å²) >= 11 is 0. The van der Waals surface area contributed by atoms with Crippen LogP contribution in [-0.4, -0.2) is 10.9 Å². The van der Waals surface area contributed by atoms with E-state index in [1.165, 1.54) is 0 Å². The standard InChI is InChI=1S/C15H15NO2/c1-10(2)11(3)15(17)14-9-13(16-18-14)12-7-5-4-6-8-12/h4-9H,1-3H3. The van der Waals surface area contributed by atoms with E-state index in [9.17, 15) is 4.79 Å². The lowest BCUT2D eigenvalue weighted by Crippen LogP contribution is -2.00. The minimum absolute atomic E-state index is 0.107. The van der Waals surface area contributed by atoms with Gasteiger partial charge in [-0.25, -0.2) is 0 Å². The Hall–Kier alpha value is -2.16. The maximum Gasteiger partial charge on any atom is 0.226 e. The number of ketones is 1. The number of carbonyl (C=O) groups excluding carboxylic acids is 1. The van der Waals surface area contributed by atoms with Gasteiger partial charge < -0.3 is 4.52 Å². The third-order valence-electron chi connectivity index (χ3n) is 2.89. The monoisotopic (exact) mass is 241 g/mol. The molecule has 1 aromatic carbocycles. The van der Waals surface area contributed by atoms with Crippen LogP contribution in [-0.2, 0) is 0 Å². The number of hydrogen-bond acceptors (Lipinski definition) is 3. The number of carbonyl (C=O) groups is 1. The summed E-state index contributed by atoms with van der Waals surface area (Å²) in [7, 11) is 0. The molecule has 1 aromatic heterocycles. The highest BCUT2D eigenvalue weighted by Crippen LogP contribution is 2.20. The smallest absolute Gasteiger partial charge is 0.226 e. The second-order valence-electron chi connectivity index (χ2n) is 4.40. The molecule has 0 fully saturated rings. The Bertz CT molecular complexity index is 590. The molecule has 0 atom stereocenters. The molecule has 1 heterocycles. The molecule has 2 aromatic rings. The molecule has 0 spiro atoms. The van der Waals surface area contributed by atoms with E-state index in [4.69, 9.17) is 4.52 Å². The minimum Gasteiger partial charge on any atom is -0.352 e. The van der Waals surface area contributed by atoms with Gasteiger partial charge in [-0.2, -0.15) is 0 Å². The van der Waals surface area contributed by atoms with Crippen LogP contribution in [0.2, 0.25) is 0 Å². The Morgan fingerprint density at radius 2 is 1.78 bits per heavy atom. The van der Waals surface area contributed by atoms with E-state index in [0.717, 1.165) is 11.1 Å². The van der Waals surface area contributed by atoms with E-state index in [2.05, 4.69) is 5.16 Å². The largest absolute Gasteiger partial charge is 0.352 e. The second kappa shape index (κ2) is 5.00. The van der Waals surface area contributed by atoms with Gasteiger partial charge in [0.2, 0.25) is 11.5 Å². The first-order valence-corrected chi connectivity index (χ1v) is 5.80. The summed E-state index contributed by atoms with van der Waals surface area (Å²) in [6.45, 7) is 5.60. The topological polar surface area (TPSA) is 43.1 Å². The van der Waals surface area contributed by atoms with Gasteiger partial charge in [0.15, 0.2) is 0 Å². The summed E-state index contributed by atoms with van der Waals surface area (Å²) in [4.78, 5) is 12.0. The first-order chi connectivity index (χ1) is 8.59. The van der Waals surface area contributed by atoms with Crippen molar-refractivity contribution in [2.24, 2.45) is 0 Å². The number of rotatable bonds is 3. The molecule has 0 radical (unpaired) electrons. The van der Waals surface area contributed by atoms with E-state index in [1.54, 1.807) is 13.0 Å². The van der Waals surface area contributed by atoms with Crippen molar-refractivity contribution in [2.75, 3.05) is 0 Å². The summed E-state index contributed by atoms with van der Waals surface area (Å²) < 4.78 is 5.12. The van der Waals surface area contributed by atoms with Crippen LogP contribution in [0.25, 0.3) is 11.3 Å². The first-order valence-electron chi connectivity index (χ1n) is 5.80. The van der Waals surface area contributed by atoms with E-state index in [-0.39, 0.29) is 11.5 Å². The summed E-state index contributed by atoms with van der Waals surface area (Å²) in [5, 5.41) is 3.93. The van der Waals surface area contributed by atoms with Crippen molar-refractivity contribution < 1.29 is 9.32 Å². The van der Waals surface area contributed by atoms with Crippen molar-refractivity contribution in [3.63, 3.8) is 0 Å². The van der Waals surface area contributed by atoms with E-state index >= 15 is 0 Å². The lowest BCUT2D eigenvalue weighted by molar-refractivity contribution is 0.0995. The van der Waals surface area contributed by atoms with Crippen LogP contribution in [0, 0.1) is 0 Å². The molecule has 3 nitrogen and oxygen atoms in total. The van der Waals surface area contributed by atoms with Gasteiger partial charge in [0.05, 0.1) is 0 Å². The van der Waals surface area contributed by atoms with Gasteiger partial charge in [-0.1, -0.05) is 41.1 Å². The van der Waals surface area contributed by atoms with E-state index in [0.29, 0.717) is 11.3 Å². The van der Waals surface area contributed by atoms with Crippen LogP contribution in [0.4, 0.5) is 0 Å². The number of nitrogens with zero attached hydrogens (tertiary/aromatic N) is 1. The van der Waals surface area contributed by atoms with Crippen LogP contribution in [0.15, 0.2) is 52.1 Å². The third kappa shape index (κ3) is 2.40. The van der Waals surface area contributed by atoms with Crippen LogP contribution < -0.4 is 0 Å². The van der Waals surface area contributed by atoms with Crippen LogP contribution >= 0.6 is 0 Å². The Morgan fingerprint density at radius 1 is 1.11 bits per heavy atom. The van der Waals surface area contributed by atoms with Gasteiger partial charge in [-0.15, -0.1) is 0 Å². The molecule has 0 aliphatic heterocycles. The Labute approximate surface area is 106 Å². The molecule has 3 heteroatoms. The molecular weight excluding hydrogens is 226 g/mol. The van der Waals surface area contributed by atoms with Crippen molar-refractivity contribution in [3.05, 3.63) is 53.3 Å². The molecule has 0 aliphatic rings. The maximum atomic E-state index is 12.0. The molecule has 0 N–H and O–H groups in total. The average Bonchev–Trinajstić information content (AvgIpc) is 2.87. The molecule has 0 saturated heterocycles. The van der Waals surface area contributed by atoms with Crippen molar-refractivity contribution in [1.29, 1.82) is 0 Å². The first kappa shape index (κ1) is 12.3. The van der Waals surface area contributed by atoms with Crippen LogP contribution in [0.1, 0.15) is 31.3 Å². The molecular formula is C15H15NO2. The lowest BCUT2D eigenvalue weighted by atomic mass is 10.1. The summed E-state index contributed by atoms with van der Waals surface area (Å²) in [5.41, 5.74) is 3.30. The molecule has 0 amide bonds. The predicted octanol–water partition coefficient (Wildman–Crippen LogP) is 3.88. The highest BCUT2D eigenvalue weighted by Gasteiger charge is 2.16. The molecule has 2 rings (SSSR count). The van der Waals surface area contributed by atoms with E-state index in [1.807, 2.05) is 44.2 Å². The fourth-order valence-electron chi connectivity index (χ4n) is 1.54. The lowest BCUT2D eigenvalue weighted by Gasteiger charge is -1.97. The number of allylic oxidation sites excluding steroid dienone is 2. The predicted molar refractivity (Wildman–Crippen MR) is 70.3 cm³/mol. The van der Waals surface area contributed by atoms with Crippen molar-refractivity contribution in [3.8, 4) is 11.3 Å². The zero-order chi connectivity index (χ0) is 13.1. The van der Waals surface area contributed by atoms with Gasteiger partial charge >= 0.3 is 0 Å². The quantitative estimate of drug-likeness (QED) is 0.605. The molecule has 0 saturated carbocycles. The number of hydrogen-bond donors (Lipinski definition) is 0. The molecule has 0 bridgehead atoms. The number of aromatic nitrogens is 1. The van der Waals surface area contributed by atoms with Crippen molar-refractivity contribution in [1.82, 2.24) is 5.16 Å². The van der Waals surface area contributed by atoms with Crippen LogP contribution in [0.5, 0.6) is 0 Å². The summed E-state index contributed by atoms with van der Waals surface area (Å²) in [6.07, 6.45) is 0. The fourth-order valence-corrected chi connectivity index (χ4v) is 1.54. The third-order valence-corrected chi connectivity index (χ3v) is 2.89. The van der Waals surface area contributed by atoms with Crippen molar-refractivity contribution >= 4 is 5.78 Å². The maximum absolute atomic E-state index is 12.0. The molecule has 0 aliphatic carbocycles. The minimum atomic E-state index is -0.107. The van der Waals surface area contributed by atoms with Gasteiger partial charge in [-0.3, -0.25) is 4.79 Å². The van der Waals surface area contributed by atoms with Gasteiger partial charge in [-0.05, 0) is 26.3 Å². The fraction of sp³-hybridized carbons (Fsp3) is 0.200. The van der Waals surface area contributed by atoms with Gasteiger partial charge in [0.25, 0.3) is 0 Å². The Morgan fingerprint density at radius 3 is 2.39 bits per heavy atom. The SMILES string of the molecule is CC(C)=C(C)C(=O)c1cc(-c2ccccc2)no1. The van der Waals surface area contributed by atoms with Crippen LogP contribution in [0.3, 0.4) is 0 Å². The van der Waals surface area contributed by atoms with Gasteiger partial charge in [0, 0.05) is 11.6 Å². The van der Waals surface area contributed by atoms with Gasteiger partial charge in [0.1, 0.15) is 5.69 Å². The Balaban J connectivity index is 2.33. The zero-order valence-electron chi connectivity index (χ0n) is 10.7. The molecule has 92 valence electrons. The number of benzene rings is 1. The summed E-state index contributed by atoms with van der Waals surface area (Å²) in [6, 6.07) is 11.3. The molecule has 18 heavy (non-hydrogen) atoms. The van der Waals surface area contributed by atoms with E-state index < -0.39 is 0 Å². The normalized spacial score (nSPS) is 10.2. The highest BCUT2D eigenvalue weighted by atomic mass is 16.5. The van der Waals surface area contributed by atoms with Crippen molar-refractivity contribution in [2.45, 2.75) is 20.8 Å². The Kier molecular flexibility index (Phi) is 3.42. The highest BCUT2D eigenvalue weighted by molar-refractivity contribution is 6.07. The zero-order valence-corrected chi connectivity index (χ0v) is 10.7. The summed E-state index contributed by atoms with van der Waals surface area (Å²) in [5.74, 6) is 0.178. The average molecular weight is 241 g/mol. The second-order valence-corrected chi connectivity index (χ2v) is 4.40.